The van der Waals surface area contributed by atoms with Crippen molar-refractivity contribution in [3.8, 4) is 0 Å². The van der Waals surface area contributed by atoms with Crippen molar-refractivity contribution in [1.29, 1.82) is 0 Å². The summed E-state index contributed by atoms with van der Waals surface area (Å²) in [6.07, 6.45) is 3.21. The predicted octanol–water partition coefficient (Wildman–Crippen LogP) is 2.53. The molecule has 1 aromatic heterocycles. The fraction of sp³-hybridized carbons (Fsp3) is 0.429. The molecule has 0 radical (unpaired) electrons. The molecular weight excluding hydrogens is 212 g/mol. The molecule has 0 atom stereocenters. The Kier molecular flexibility index (Phi) is 4.18. The Morgan fingerprint density at radius 2 is 2.06 bits per heavy atom. The molecular formula is C14H20N2O. The van der Waals surface area contributed by atoms with Gasteiger partial charge in [-0.2, -0.15) is 0 Å². The first-order valence-corrected chi connectivity index (χ1v) is 6.21. The smallest absolute Gasteiger partial charge is 0.0645 e. The fourth-order valence-corrected chi connectivity index (χ4v) is 2.08. The summed E-state index contributed by atoms with van der Waals surface area (Å²) >= 11 is 0. The molecule has 0 saturated carbocycles. The summed E-state index contributed by atoms with van der Waals surface area (Å²) < 4.78 is 7.76. The average Bonchev–Trinajstić information content (AvgIpc) is 2.73. The van der Waals surface area contributed by atoms with E-state index in [1.165, 1.54) is 16.5 Å². The second kappa shape index (κ2) is 5.84. The van der Waals surface area contributed by atoms with E-state index >= 15 is 0 Å². The number of fused-ring (bicyclic) bond motifs is 1. The minimum absolute atomic E-state index is 0.587. The monoisotopic (exact) mass is 232 g/mol. The van der Waals surface area contributed by atoms with Gasteiger partial charge in [-0.3, -0.25) is 0 Å². The van der Waals surface area contributed by atoms with Crippen LogP contribution < -0.4 is 5.73 Å². The summed E-state index contributed by atoms with van der Waals surface area (Å²) in [5.74, 6) is 0. The molecule has 0 aliphatic heterocycles. The first kappa shape index (κ1) is 12.1. The van der Waals surface area contributed by atoms with Crippen LogP contribution in [0.1, 0.15) is 18.9 Å². The lowest BCUT2D eigenvalue weighted by molar-refractivity contribution is 0.127. The molecule has 0 amide bonds. The predicted molar refractivity (Wildman–Crippen MR) is 70.9 cm³/mol. The number of nitrogens with zero attached hydrogens (tertiary/aromatic N) is 1. The van der Waals surface area contributed by atoms with E-state index in [1.807, 2.05) is 0 Å². The van der Waals surface area contributed by atoms with Gasteiger partial charge < -0.3 is 15.0 Å². The van der Waals surface area contributed by atoms with E-state index in [0.29, 0.717) is 6.54 Å². The van der Waals surface area contributed by atoms with Crippen molar-refractivity contribution in [2.75, 3.05) is 13.2 Å². The fourth-order valence-electron chi connectivity index (χ4n) is 2.08. The van der Waals surface area contributed by atoms with Gasteiger partial charge in [-0.25, -0.2) is 0 Å². The van der Waals surface area contributed by atoms with Crippen LogP contribution in [0.4, 0.5) is 0 Å². The number of rotatable bonds is 6. The maximum atomic E-state index is 5.76. The summed E-state index contributed by atoms with van der Waals surface area (Å²) in [7, 11) is 0. The lowest BCUT2D eigenvalue weighted by atomic mass is 10.2. The van der Waals surface area contributed by atoms with Crippen molar-refractivity contribution >= 4 is 10.9 Å². The van der Waals surface area contributed by atoms with Crippen LogP contribution in [0.2, 0.25) is 0 Å². The van der Waals surface area contributed by atoms with Crippen molar-refractivity contribution in [3.05, 3.63) is 36.0 Å². The molecule has 17 heavy (non-hydrogen) atoms. The summed E-state index contributed by atoms with van der Waals surface area (Å²) in [5, 5.41) is 1.26. The number of nitrogens with two attached hydrogens (primary N) is 1. The molecule has 3 heteroatoms. The van der Waals surface area contributed by atoms with Crippen LogP contribution in [0, 0.1) is 0 Å². The lowest BCUT2D eigenvalue weighted by Crippen LogP contribution is -2.05. The molecule has 92 valence electrons. The number of hydrogen-bond donors (Lipinski definition) is 1. The Bertz CT molecular complexity index is 476. The van der Waals surface area contributed by atoms with E-state index in [-0.39, 0.29) is 0 Å². The van der Waals surface area contributed by atoms with Crippen LogP contribution in [0.15, 0.2) is 30.5 Å². The molecule has 0 bridgehead atoms. The molecule has 0 spiro atoms. The summed E-state index contributed by atoms with van der Waals surface area (Å²) in [6, 6.07) is 8.38. The van der Waals surface area contributed by atoms with Crippen molar-refractivity contribution in [3.63, 3.8) is 0 Å². The van der Waals surface area contributed by atoms with E-state index in [9.17, 15) is 0 Å². The van der Waals surface area contributed by atoms with Gasteiger partial charge in [0.05, 0.1) is 6.61 Å². The number of ether oxygens (including phenoxy) is 1. The molecule has 3 nitrogen and oxygen atoms in total. The van der Waals surface area contributed by atoms with Gasteiger partial charge in [0.2, 0.25) is 0 Å². The van der Waals surface area contributed by atoms with Gasteiger partial charge in [-0.05, 0) is 18.1 Å². The third kappa shape index (κ3) is 2.68. The largest absolute Gasteiger partial charge is 0.380 e. The SMILES string of the molecule is CCCOCCn1cc(CN)c2ccccc21. The Morgan fingerprint density at radius 1 is 1.24 bits per heavy atom. The second-order valence-corrected chi connectivity index (χ2v) is 4.18. The quantitative estimate of drug-likeness (QED) is 0.777. The molecule has 1 heterocycles. The van der Waals surface area contributed by atoms with E-state index in [2.05, 4.69) is 42.0 Å². The number of hydrogen-bond acceptors (Lipinski definition) is 2. The summed E-state index contributed by atoms with van der Waals surface area (Å²) in [5.41, 5.74) is 8.21. The van der Waals surface area contributed by atoms with Crippen LogP contribution in [0.5, 0.6) is 0 Å². The van der Waals surface area contributed by atoms with Crippen molar-refractivity contribution in [1.82, 2.24) is 4.57 Å². The number of benzene rings is 1. The maximum absolute atomic E-state index is 5.76. The third-order valence-corrected chi connectivity index (χ3v) is 2.92. The number of para-hydroxylation sites is 1. The van der Waals surface area contributed by atoms with Crippen LogP contribution in [-0.2, 0) is 17.8 Å². The molecule has 0 saturated heterocycles. The Labute approximate surface area is 102 Å². The van der Waals surface area contributed by atoms with Crippen LogP contribution in [0.25, 0.3) is 10.9 Å². The zero-order valence-corrected chi connectivity index (χ0v) is 10.4. The maximum Gasteiger partial charge on any atom is 0.0645 e. The minimum Gasteiger partial charge on any atom is -0.380 e. The first-order chi connectivity index (χ1) is 8.36. The van der Waals surface area contributed by atoms with Crippen molar-refractivity contribution in [2.24, 2.45) is 5.73 Å². The molecule has 0 aliphatic rings. The average molecular weight is 232 g/mol. The highest BCUT2D eigenvalue weighted by atomic mass is 16.5. The Morgan fingerprint density at radius 3 is 2.82 bits per heavy atom. The van der Waals surface area contributed by atoms with E-state index < -0.39 is 0 Å². The highest BCUT2D eigenvalue weighted by Crippen LogP contribution is 2.20. The van der Waals surface area contributed by atoms with E-state index in [1.54, 1.807) is 0 Å². The normalized spacial score (nSPS) is 11.2. The Balaban J connectivity index is 2.16. The van der Waals surface area contributed by atoms with E-state index in [0.717, 1.165) is 26.2 Å². The standard InChI is InChI=1S/C14H20N2O/c1-2-8-17-9-7-16-11-12(10-15)13-5-3-4-6-14(13)16/h3-6,11H,2,7-10,15H2,1H3. The third-order valence-electron chi connectivity index (χ3n) is 2.92. The molecule has 2 aromatic rings. The lowest BCUT2D eigenvalue weighted by Gasteiger charge is -2.05. The van der Waals surface area contributed by atoms with Gasteiger partial charge in [-0.1, -0.05) is 25.1 Å². The van der Waals surface area contributed by atoms with Gasteiger partial charge in [-0.15, -0.1) is 0 Å². The van der Waals surface area contributed by atoms with Gasteiger partial charge in [0, 0.05) is 36.8 Å². The topological polar surface area (TPSA) is 40.2 Å². The van der Waals surface area contributed by atoms with Gasteiger partial charge >= 0.3 is 0 Å². The van der Waals surface area contributed by atoms with Crippen LogP contribution >= 0.6 is 0 Å². The van der Waals surface area contributed by atoms with Crippen molar-refractivity contribution in [2.45, 2.75) is 26.4 Å². The number of aromatic nitrogens is 1. The van der Waals surface area contributed by atoms with Crippen LogP contribution in [-0.4, -0.2) is 17.8 Å². The second-order valence-electron chi connectivity index (χ2n) is 4.18. The molecule has 2 N–H and O–H groups in total. The van der Waals surface area contributed by atoms with Crippen molar-refractivity contribution < 1.29 is 4.74 Å². The molecule has 1 aromatic carbocycles. The summed E-state index contributed by atoms with van der Waals surface area (Å²) in [4.78, 5) is 0. The molecule has 0 unspecified atom stereocenters. The first-order valence-electron chi connectivity index (χ1n) is 6.21. The zero-order valence-electron chi connectivity index (χ0n) is 10.4. The van der Waals surface area contributed by atoms with Gasteiger partial charge in [0.1, 0.15) is 0 Å². The summed E-state index contributed by atoms with van der Waals surface area (Å²) in [6.45, 7) is 5.20. The van der Waals surface area contributed by atoms with Crippen LogP contribution in [0.3, 0.4) is 0 Å². The van der Waals surface area contributed by atoms with E-state index in [4.69, 9.17) is 10.5 Å². The molecule has 2 rings (SSSR count). The highest BCUT2D eigenvalue weighted by molar-refractivity contribution is 5.83. The molecule has 0 fully saturated rings. The zero-order chi connectivity index (χ0) is 12.1. The molecule has 0 aliphatic carbocycles. The highest BCUT2D eigenvalue weighted by Gasteiger charge is 2.05. The van der Waals surface area contributed by atoms with Gasteiger partial charge in [0.15, 0.2) is 0 Å². The van der Waals surface area contributed by atoms with Gasteiger partial charge in [0.25, 0.3) is 0 Å². The Hall–Kier alpha value is -1.32. The minimum atomic E-state index is 0.587.